The van der Waals surface area contributed by atoms with Gasteiger partial charge in [0.15, 0.2) is 6.10 Å². The van der Waals surface area contributed by atoms with Gasteiger partial charge in [0, 0.05) is 6.04 Å². The molecule has 2 rings (SSSR count). The predicted molar refractivity (Wildman–Crippen MR) is 85.7 cm³/mol. The van der Waals surface area contributed by atoms with Crippen LogP contribution < -0.4 is 4.72 Å². The average Bonchev–Trinajstić information content (AvgIpc) is 2.49. The van der Waals surface area contributed by atoms with Crippen LogP contribution in [0.4, 0.5) is 0 Å². The summed E-state index contributed by atoms with van der Waals surface area (Å²) in [5, 5.41) is 8.97. The van der Waals surface area contributed by atoms with Crippen molar-refractivity contribution in [1.82, 2.24) is 4.72 Å². The zero-order valence-electron chi connectivity index (χ0n) is 13.4. The van der Waals surface area contributed by atoms with Gasteiger partial charge in [-0.15, -0.1) is 0 Å². The van der Waals surface area contributed by atoms with Crippen molar-refractivity contribution < 1.29 is 23.1 Å². The van der Waals surface area contributed by atoms with Gasteiger partial charge in [-0.25, -0.2) is 17.9 Å². The fourth-order valence-corrected chi connectivity index (χ4v) is 4.00. The zero-order valence-corrected chi connectivity index (χ0v) is 14.2. The zero-order chi connectivity index (χ0) is 17.0. The first-order chi connectivity index (χ1) is 10.8. The summed E-state index contributed by atoms with van der Waals surface area (Å²) in [7, 11) is -3.64. The number of carboxylic acids is 1. The summed E-state index contributed by atoms with van der Waals surface area (Å²) < 4.78 is 33.2. The van der Waals surface area contributed by atoms with Crippen LogP contribution in [0.5, 0.6) is 0 Å². The molecule has 128 valence electrons. The summed E-state index contributed by atoms with van der Waals surface area (Å²) in [6, 6.07) is 6.22. The molecule has 23 heavy (non-hydrogen) atoms. The van der Waals surface area contributed by atoms with E-state index in [1.165, 1.54) is 6.92 Å². The molecule has 1 saturated carbocycles. The van der Waals surface area contributed by atoms with E-state index in [4.69, 9.17) is 9.84 Å². The number of aryl methyl sites for hydroxylation is 1. The Hall–Kier alpha value is -1.44. The molecule has 0 amide bonds. The molecule has 0 spiro atoms. The molecule has 0 aliphatic heterocycles. The Kier molecular flexibility index (Phi) is 5.78. The second-order valence-corrected chi connectivity index (χ2v) is 7.69. The second kappa shape index (κ2) is 7.42. The molecule has 0 saturated heterocycles. The van der Waals surface area contributed by atoms with Gasteiger partial charge >= 0.3 is 5.97 Å². The number of aliphatic carboxylic acids is 1. The van der Waals surface area contributed by atoms with Crippen molar-refractivity contribution in [3.05, 3.63) is 29.8 Å². The number of nitrogens with one attached hydrogen (secondary N) is 1. The normalized spacial score (nSPS) is 23.4. The lowest BCUT2D eigenvalue weighted by Crippen LogP contribution is -2.47. The molecule has 0 radical (unpaired) electrons. The molecule has 1 aliphatic carbocycles. The Morgan fingerprint density at radius 2 is 1.87 bits per heavy atom. The van der Waals surface area contributed by atoms with Crippen molar-refractivity contribution in [1.29, 1.82) is 0 Å². The lowest BCUT2D eigenvalue weighted by molar-refractivity contribution is -0.154. The number of sulfonamides is 1. The molecule has 1 aromatic carbocycles. The van der Waals surface area contributed by atoms with Gasteiger partial charge in [-0.05, 0) is 38.8 Å². The Labute approximate surface area is 136 Å². The monoisotopic (exact) mass is 341 g/mol. The van der Waals surface area contributed by atoms with E-state index in [0.717, 1.165) is 18.4 Å². The largest absolute Gasteiger partial charge is 0.479 e. The first-order valence-electron chi connectivity index (χ1n) is 7.77. The SMILES string of the molecule is Cc1ccc(S(=O)(=O)N[C@@H]2CCCC[C@H]2OC(C)C(=O)O)cc1. The van der Waals surface area contributed by atoms with Gasteiger partial charge < -0.3 is 9.84 Å². The molecule has 3 atom stereocenters. The minimum atomic E-state index is -3.64. The number of hydrogen-bond acceptors (Lipinski definition) is 4. The maximum absolute atomic E-state index is 12.5. The summed E-state index contributed by atoms with van der Waals surface area (Å²) in [4.78, 5) is 11.2. The van der Waals surface area contributed by atoms with Crippen LogP contribution in [0.2, 0.25) is 0 Å². The van der Waals surface area contributed by atoms with E-state index < -0.39 is 34.2 Å². The van der Waals surface area contributed by atoms with Gasteiger partial charge in [0.2, 0.25) is 10.0 Å². The summed E-state index contributed by atoms with van der Waals surface area (Å²) in [5.74, 6) is -1.05. The molecule has 2 N–H and O–H groups in total. The molecule has 0 aromatic heterocycles. The third kappa shape index (κ3) is 4.76. The number of carboxylic acid groups (broad SMARTS) is 1. The third-order valence-electron chi connectivity index (χ3n) is 4.07. The van der Waals surface area contributed by atoms with Gasteiger partial charge in [-0.3, -0.25) is 0 Å². The molecule has 0 heterocycles. The van der Waals surface area contributed by atoms with Crippen LogP contribution in [-0.2, 0) is 19.6 Å². The lowest BCUT2D eigenvalue weighted by Gasteiger charge is -2.33. The quantitative estimate of drug-likeness (QED) is 0.826. The first-order valence-corrected chi connectivity index (χ1v) is 9.25. The third-order valence-corrected chi connectivity index (χ3v) is 5.57. The second-order valence-electron chi connectivity index (χ2n) is 5.98. The standard InChI is InChI=1S/C16H23NO5S/c1-11-7-9-13(10-8-11)23(20,21)17-14-5-3-4-6-15(14)22-12(2)16(18)19/h7-10,12,14-15,17H,3-6H2,1-2H3,(H,18,19)/t12?,14-,15-/m1/s1. The van der Waals surface area contributed by atoms with Crippen molar-refractivity contribution in [3.8, 4) is 0 Å². The van der Waals surface area contributed by atoms with Crippen molar-refractivity contribution in [2.75, 3.05) is 0 Å². The van der Waals surface area contributed by atoms with Gasteiger partial charge in [-0.2, -0.15) is 0 Å². The van der Waals surface area contributed by atoms with Crippen LogP contribution >= 0.6 is 0 Å². The Morgan fingerprint density at radius 3 is 2.48 bits per heavy atom. The topological polar surface area (TPSA) is 92.7 Å². The predicted octanol–water partition coefficient (Wildman–Crippen LogP) is 2.07. The van der Waals surface area contributed by atoms with Gasteiger partial charge in [-0.1, -0.05) is 30.5 Å². The number of hydrogen-bond donors (Lipinski definition) is 2. The minimum absolute atomic E-state index is 0.207. The number of carbonyl (C=O) groups is 1. The van der Waals surface area contributed by atoms with Crippen molar-refractivity contribution in [2.45, 2.75) is 62.7 Å². The highest BCUT2D eigenvalue weighted by Crippen LogP contribution is 2.24. The number of ether oxygens (including phenoxy) is 1. The van der Waals surface area contributed by atoms with Crippen LogP contribution in [-0.4, -0.2) is 37.7 Å². The Balaban J connectivity index is 2.11. The minimum Gasteiger partial charge on any atom is -0.479 e. The molecule has 7 heteroatoms. The Morgan fingerprint density at radius 1 is 1.26 bits per heavy atom. The molecule has 6 nitrogen and oxygen atoms in total. The molecule has 1 unspecified atom stereocenters. The van der Waals surface area contributed by atoms with Crippen LogP contribution in [0, 0.1) is 6.92 Å². The summed E-state index contributed by atoms with van der Waals surface area (Å²) in [6.45, 7) is 3.35. The number of benzene rings is 1. The first kappa shape index (κ1) is 17.9. The van der Waals surface area contributed by atoms with E-state index in [2.05, 4.69) is 4.72 Å². The van der Waals surface area contributed by atoms with Crippen molar-refractivity contribution >= 4 is 16.0 Å². The van der Waals surface area contributed by atoms with Crippen LogP contribution in [0.3, 0.4) is 0 Å². The molecule has 1 aromatic rings. The van der Waals surface area contributed by atoms with Crippen LogP contribution in [0.15, 0.2) is 29.2 Å². The van der Waals surface area contributed by atoms with Crippen LogP contribution in [0.1, 0.15) is 38.2 Å². The van der Waals surface area contributed by atoms with Crippen molar-refractivity contribution in [3.63, 3.8) is 0 Å². The van der Waals surface area contributed by atoms with E-state index in [0.29, 0.717) is 12.8 Å². The van der Waals surface area contributed by atoms with Crippen molar-refractivity contribution in [2.24, 2.45) is 0 Å². The van der Waals surface area contributed by atoms with Gasteiger partial charge in [0.1, 0.15) is 0 Å². The lowest BCUT2D eigenvalue weighted by atomic mass is 9.93. The van der Waals surface area contributed by atoms with E-state index in [9.17, 15) is 13.2 Å². The van der Waals surface area contributed by atoms with E-state index in [1.54, 1.807) is 24.3 Å². The molecular formula is C16H23NO5S. The number of rotatable bonds is 6. The molecule has 1 aliphatic rings. The highest BCUT2D eigenvalue weighted by molar-refractivity contribution is 7.89. The summed E-state index contributed by atoms with van der Waals surface area (Å²) in [5.41, 5.74) is 0.984. The van der Waals surface area contributed by atoms with E-state index in [1.807, 2.05) is 6.92 Å². The maximum atomic E-state index is 12.5. The highest BCUT2D eigenvalue weighted by atomic mass is 32.2. The summed E-state index contributed by atoms with van der Waals surface area (Å²) >= 11 is 0. The fourth-order valence-electron chi connectivity index (χ4n) is 2.70. The van der Waals surface area contributed by atoms with Gasteiger partial charge in [0.05, 0.1) is 11.0 Å². The van der Waals surface area contributed by atoms with Crippen LogP contribution in [0.25, 0.3) is 0 Å². The van der Waals surface area contributed by atoms with E-state index in [-0.39, 0.29) is 4.90 Å². The maximum Gasteiger partial charge on any atom is 0.332 e. The Bertz CT molecular complexity index is 641. The smallest absolute Gasteiger partial charge is 0.332 e. The average molecular weight is 341 g/mol. The van der Waals surface area contributed by atoms with Gasteiger partial charge in [0.25, 0.3) is 0 Å². The highest BCUT2D eigenvalue weighted by Gasteiger charge is 2.32. The fraction of sp³-hybridized carbons (Fsp3) is 0.562. The summed E-state index contributed by atoms with van der Waals surface area (Å²) in [6.07, 6.45) is 1.71. The van der Waals surface area contributed by atoms with E-state index >= 15 is 0 Å². The molecular weight excluding hydrogens is 318 g/mol. The molecule has 1 fully saturated rings. The molecule has 0 bridgehead atoms.